The Morgan fingerprint density at radius 2 is 1.64 bits per heavy atom. The highest BCUT2D eigenvalue weighted by Gasteiger charge is 2.23. The van der Waals surface area contributed by atoms with Crippen molar-refractivity contribution in [1.29, 1.82) is 0 Å². The molecule has 0 N–H and O–H groups in total. The molecule has 0 spiro atoms. The molecule has 146 valence electrons. The minimum absolute atomic E-state index is 0.0544. The van der Waals surface area contributed by atoms with E-state index in [9.17, 15) is 0 Å². The van der Waals surface area contributed by atoms with Crippen LogP contribution in [0.4, 0.5) is 0 Å². The Kier molecular flexibility index (Phi) is 10.6. The zero-order valence-electron chi connectivity index (χ0n) is 16.5. The van der Waals surface area contributed by atoms with Crippen molar-refractivity contribution in [2.75, 3.05) is 39.6 Å². The highest BCUT2D eigenvalue weighted by molar-refractivity contribution is 4.83. The SMILES string of the molecule is C#CCOCCC(C)(C)OCCC(C)(C)OCCOC1CCCCO1. The Labute approximate surface area is 153 Å². The van der Waals surface area contributed by atoms with Crippen LogP contribution in [0.5, 0.6) is 0 Å². The minimum Gasteiger partial charge on any atom is -0.375 e. The topological polar surface area (TPSA) is 46.2 Å². The molecule has 25 heavy (non-hydrogen) atoms. The van der Waals surface area contributed by atoms with Crippen molar-refractivity contribution >= 4 is 0 Å². The van der Waals surface area contributed by atoms with Gasteiger partial charge >= 0.3 is 0 Å². The van der Waals surface area contributed by atoms with Crippen LogP contribution in [0.3, 0.4) is 0 Å². The highest BCUT2D eigenvalue weighted by atomic mass is 16.7. The molecule has 1 heterocycles. The molecule has 1 rings (SSSR count). The molecule has 1 unspecified atom stereocenters. The van der Waals surface area contributed by atoms with Gasteiger partial charge in [0.15, 0.2) is 6.29 Å². The van der Waals surface area contributed by atoms with Crippen LogP contribution in [-0.4, -0.2) is 57.1 Å². The average molecular weight is 357 g/mol. The lowest BCUT2D eigenvalue weighted by molar-refractivity contribution is -0.176. The second-order valence-corrected chi connectivity index (χ2v) is 7.64. The monoisotopic (exact) mass is 356 g/mol. The van der Waals surface area contributed by atoms with Gasteiger partial charge < -0.3 is 23.7 Å². The molecule has 1 aliphatic rings. The van der Waals surface area contributed by atoms with Gasteiger partial charge in [0.05, 0.1) is 37.6 Å². The molecule has 0 aliphatic carbocycles. The van der Waals surface area contributed by atoms with Crippen LogP contribution >= 0.6 is 0 Å². The zero-order valence-corrected chi connectivity index (χ0v) is 16.5. The Bertz CT molecular complexity index is 380. The molecule has 0 saturated carbocycles. The first-order valence-electron chi connectivity index (χ1n) is 9.37. The normalized spacial score (nSPS) is 18.9. The van der Waals surface area contributed by atoms with Crippen LogP contribution in [-0.2, 0) is 23.7 Å². The lowest BCUT2D eigenvalue weighted by atomic mass is 10.0. The van der Waals surface area contributed by atoms with Crippen LogP contribution < -0.4 is 0 Å². The summed E-state index contributed by atoms with van der Waals surface area (Å²) in [7, 11) is 0. The number of terminal acetylenes is 1. The molecule has 0 aromatic heterocycles. The molecule has 1 saturated heterocycles. The van der Waals surface area contributed by atoms with Crippen LogP contribution in [0, 0.1) is 12.3 Å². The van der Waals surface area contributed by atoms with Crippen molar-refractivity contribution in [1.82, 2.24) is 0 Å². The fourth-order valence-electron chi connectivity index (χ4n) is 2.51. The first-order chi connectivity index (χ1) is 11.8. The van der Waals surface area contributed by atoms with E-state index in [1.807, 2.05) is 0 Å². The summed E-state index contributed by atoms with van der Waals surface area (Å²) in [6, 6.07) is 0. The molecule has 1 atom stereocenters. The van der Waals surface area contributed by atoms with Gasteiger partial charge in [0.25, 0.3) is 0 Å². The van der Waals surface area contributed by atoms with Crippen molar-refractivity contribution in [3.63, 3.8) is 0 Å². The average Bonchev–Trinajstić information content (AvgIpc) is 2.56. The summed E-state index contributed by atoms with van der Waals surface area (Å²) in [5, 5.41) is 0. The van der Waals surface area contributed by atoms with Crippen molar-refractivity contribution in [2.45, 2.75) is 77.3 Å². The summed E-state index contributed by atoms with van der Waals surface area (Å²) in [6.45, 7) is 11.8. The molecule has 0 bridgehead atoms. The number of hydrogen-bond acceptors (Lipinski definition) is 5. The summed E-state index contributed by atoms with van der Waals surface area (Å²) < 4.78 is 28.5. The molecular weight excluding hydrogens is 320 g/mol. The molecule has 0 amide bonds. The van der Waals surface area contributed by atoms with Gasteiger partial charge in [-0.05, 0) is 59.8 Å². The fraction of sp³-hybridized carbons (Fsp3) is 0.900. The molecule has 1 aliphatic heterocycles. The standard InChI is InChI=1S/C20H36O5/c1-6-12-21-14-10-19(2,3)24-15-11-20(4,5)25-17-16-23-18-9-7-8-13-22-18/h1,18H,7-17H2,2-5H3. The van der Waals surface area contributed by atoms with E-state index < -0.39 is 0 Å². The first-order valence-corrected chi connectivity index (χ1v) is 9.37. The lowest BCUT2D eigenvalue weighted by Gasteiger charge is -2.30. The van der Waals surface area contributed by atoms with Crippen molar-refractivity contribution in [3.05, 3.63) is 0 Å². The first kappa shape index (κ1) is 22.4. The van der Waals surface area contributed by atoms with E-state index in [4.69, 9.17) is 30.1 Å². The largest absolute Gasteiger partial charge is 0.375 e. The Hall–Kier alpha value is -0.640. The van der Waals surface area contributed by atoms with E-state index in [0.29, 0.717) is 33.0 Å². The van der Waals surface area contributed by atoms with Gasteiger partial charge in [-0.15, -0.1) is 6.42 Å². The third kappa shape index (κ3) is 11.6. The molecule has 1 fully saturated rings. The molecule has 5 heteroatoms. The van der Waals surface area contributed by atoms with E-state index in [0.717, 1.165) is 32.3 Å². The molecule has 0 aromatic carbocycles. The van der Waals surface area contributed by atoms with E-state index in [2.05, 4.69) is 33.6 Å². The minimum atomic E-state index is -0.243. The molecule has 0 aromatic rings. The quantitative estimate of drug-likeness (QED) is 0.373. The van der Waals surface area contributed by atoms with Gasteiger partial charge in [-0.25, -0.2) is 0 Å². The van der Waals surface area contributed by atoms with Gasteiger partial charge in [-0.1, -0.05) is 5.92 Å². The van der Waals surface area contributed by atoms with E-state index >= 15 is 0 Å². The maximum Gasteiger partial charge on any atom is 0.157 e. The summed E-state index contributed by atoms with van der Waals surface area (Å²) in [4.78, 5) is 0. The Morgan fingerprint density at radius 3 is 2.28 bits per heavy atom. The third-order valence-corrected chi connectivity index (χ3v) is 4.25. The van der Waals surface area contributed by atoms with Crippen LogP contribution in [0.2, 0.25) is 0 Å². The molecular formula is C20H36O5. The van der Waals surface area contributed by atoms with Gasteiger partial charge in [0.1, 0.15) is 6.61 Å². The van der Waals surface area contributed by atoms with Crippen LogP contribution in [0.15, 0.2) is 0 Å². The van der Waals surface area contributed by atoms with Crippen molar-refractivity contribution < 1.29 is 23.7 Å². The smallest absolute Gasteiger partial charge is 0.157 e. The van der Waals surface area contributed by atoms with Gasteiger partial charge in [0.2, 0.25) is 0 Å². The van der Waals surface area contributed by atoms with Crippen molar-refractivity contribution in [2.24, 2.45) is 0 Å². The maximum atomic E-state index is 5.98. The van der Waals surface area contributed by atoms with Crippen molar-refractivity contribution in [3.8, 4) is 12.3 Å². The van der Waals surface area contributed by atoms with E-state index in [1.165, 1.54) is 6.42 Å². The summed E-state index contributed by atoms with van der Waals surface area (Å²) in [6.07, 6.45) is 10.0. The number of rotatable bonds is 13. The second-order valence-electron chi connectivity index (χ2n) is 7.64. The van der Waals surface area contributed by atoms with E-state index in [-0.39, 0.29) is 17.5 Å². The van der Waals surface area contributed by atoms with Gasteiger partial charge in [0, 0.05) is 6.61 Å². The Balaban J connectivity index is 2.09. The highest BCUT2D eigenvalue weighted by Crippen LogP contribution is 2.20. The summed E-state index contributed by atoms with van der Waals surface area (Å²) >= 11 is 0. The Morgan fingerprint density at radius 1 is 0.960 bits per heavy atom. The van der Waals surface area contributed by atoms with Gasteiger partial charge in [-0.3, -0.25) is 0 Å². The third-order valence-electron chi connectivity index (χ3n) is 4.25. The summed E-state index contributed by atoms with van der Waals surface area (Å²) in [5.41, 5.74) is -0.473. The number of hydrogen-bond donors (Lipinski definition) is 0. The maximum absolute atomic E-state index is 5.98. The van der Waals surface area contributed by atoms with Crippen LogP contribution in [0.25, 0.3) is 0 Å². The summed E-state index contributed by atoms with van der Waals surface area (Å²) in [5.74, 6) is 2.46. The number of ether oxygens (including phenoxy) is 5. The zero-order chi connectivity index (χ0) is 18.6. The van der Waals surface area contributed by atoms with E-state index in [1.54, 1.807) is 0 Å². The predicted molar refractivity (Wildman–Crippen MR) is 98.5 cm³/mol. The second kappa shape index (κ2) is 11.9. The molecule has 0 radical (unpaired) electrons. The fourth-order valence-corrected chi connectivity index (χ4v) is 2.51. The predicted octanol–water partition coefficient (Wildman–Crippen LogP) is 3.55. The lowest BCUT2D eigenvalue weighted by Crippen LogP contribution is -2.33. The van der Waals surface area contributed by atoms with Crippen LogP contribution in [0.1, 0.15) is 59.8 Å². The molecule has 5 nitrogen and oxygen atoms in total. The van der Waals surface area contributed by atoms with Gasteiger partial charge in [-0.2, -0.15) is 0 Å².